The van der Waals surface area contributed by atoms with Crippen molar-refractivity contribution in [3.05, 3.63) is 52.1 Å². The lowest BCUT2D eigenvalue weighted by Crippen LogP contribution is -2.27. The molecule has 0 saturated heterocycles. The molecule has 24 heavy (non-hydrogen) atoms. The normalized spacial score (nSPS) is 12.0. The molecule has 0 saturated carbocycles. The number of carbonyl (C=O) groups is 1. The van der Waals surface area contributed by atoms with Gasteiger partial charge in [0, 0.05) is 45.7 Å². The van der Waals surface area contributed by atoms with Crippen molar-refractivity contribution in [2.24, 2.45) is 0 Å². The molecule has 0 unspecified atom stereocenters. The van der Waals surface area contributed by atoms with Gasteiger partial charge in [-0.1, -0.05) is 19.6 Å². The van der Waals surface area contributed by atoms with Gasteiger partial charge < -0.3 is 4.57 Å². The second-order valence-electron chi connectivity index (χ2n) is 7.39. The predicted molar refractivity (Wildman–Crippen MR) is 99.4 cm³/mol. The molecule has 0 aliphatic carbocycles. The molecule has 0 fully saturated rings. The molecular formula is C18H20N2O3Si. The molecule has 0 bridgehead atoms. The van der Waals surface area contributed by atoms with Crippen LogP contribution in [0.15, 0.2) is 36.4 Å². The zero-order chi connectivity index (χ0) is 17.6. The molecule has 0 spiro atoms. The minimum Gasteiger partial charge on any atom is -0.343 e. The second kappa shape index (κ2) is 5.56. The van der Waals surface area contributed by atoms with Crippen LogP contribution in [0.2, 0.25) is 19.6 Å². The highest BCUT2D eigenvalue weighted by Crippen LogP contribution is 2.33. The van der Waals surface area contributed by atoms with Gasteiger partial charge in [0.05, 0.1) is 13.0 Å². The van der Waals surface area contributed by atoms with Crippen molar-refractivity contribution in [3.63, 3.8) is 0 Å². The first-order valence-corrected chi connectivity index (χ1v) is 11.6. The summed E-state index contributed by atoms with van der Waals surface area (Å²) in [5, 5.41) is 12.9. The molecule has 1 heterocycles. The van der Waals surface area contributed by atoms with Crippen molar-refractivity contribution in [2.45, 2.75) is 32.7 Å². The smallest absolute Gasteiger partial charge is 0.270 e. The summed E-state index contributed by atoms with van der Waals surface area (Å²) in [6.45, 7) is 8.41. The van der Waals surface area contributed by atoms with E-state index >= 15 is 0 Å². The molecule has 0 amide bonds. The van der Waals surface area contributed by atoms with Gasteiger partial charge in [-0.05, 0) is 31.2 Å². The van der Waals surface area contributed by atoms with E-state index in [2.05, 4.69) is 24.2 Å². The Morgan fingerprint density at radius 2 is 1.67 bits per heavy atom. The minimum absolute atomic E-state index is 0.00609. The van der Waals surface area contributed by atoms with Crippen LogP contribution in [0.5, 0.6) is 0 Å². The van der Waals surface area contributed by atoms with E-state index in [1.807, 2.05) is 24.3 Å². The van der Waals surface area contributed by atoms with Gasteiger partial charge in [0.15, 0.2) is 5.78 Å². The Kier molecular flexibility index (Phi) is 3.79. The SMILES string of the molecule is CC(=O)c1ccc2c(c1)c1cc([N+](=O)[O-])ccc1n2C[Si](C)(C)C. The van der Waals surface area contributed by atoms with E-state index in [1.165, 1.54) is 6.92 Å². The Hall–Kier alpha value is -2.47. The molecule has 0 atom stereocenters. The van der Waals surface area contributed by atoms with Crippen molar-refractivity contribution < 1.29 is 9.72 Å². The standard InChI is InChI=1S/C18H20N2O3Si/c1-12(21)13-5-7-17-15(9-13)16-10-14(20(22)23)6-8-18(16)19(17)11-24(2,3)4/h5-10H,11H2,1-4H3. The highest BCUT2D eigenvalue weighted by molar-refractivity contribution is 6.75. The van der Waals surface area contributed by atoms with Crippen molar-refractivity contribution in [1.82, 2.24) is 4.57 Å². The minimum atomic E-state index is -1.40. The number of hydrogen-bond donors (Lipinski definition) is 0. The summed E-state index contributed by atoms with van der Waals surface area (Å²) in [6, 6.07) is 10.6. The van der Waals surface area contributed by atoms with Gasteiger partial charge in [-0.25, -0.2) is 0 Å². The average molecular weight is 340 g/mol. The first-order chi connectivity index (χ1) is 11.2. The van der Waals surface area contributed by atoms with Gasteiger partial charge in [-0.3, -0.25) is 14.9 Å². The number of Topliss-reactive ketones (excluding diaryl/α,β-unsaturated/α-hetero) is 1. The summed E-state index contributed by atoms with van der Waals surface area (Å²) in [4.78, 5) is 22.5. The first-order valence-electron chi connectivity index (χ1n) is 7.89. The summed E-state index contributed by atoms with van der Waals surface area (Å²) >= 11 is 0. The molecule has 0 aliphatic rings. The fourth-order valence-electron chi connectivity index (χ4n) is 3.07. The number of nitro groups is 1. The third kappa shape index (κ3) is 2.85. The third-order valence-electron chi connectivity index (χ3n) is 4.10. The summed E-state index contributed by atoms with van der Waals surface area (Å²) < 4.78 is 2.24. The van der Waals surface area contributed by atoms with E-state index in [0.717, 1.165) is 28.0 Å². The Bertz CT molecular complexity index is 912. The number of nitro benzene ring substituents is 1. The highest BCUT2D eigenvalue weighted by Gasteiger charge is 2.20. The molecular weight excluding hydrogens is 320 g/mol. The Labute approximate surface area is 141 Å². The molecule has 124 valence electrons. The molecule has 2 aromatic carbocycles. The molecule has 6 heteroatoms. The summed E-state index contributed by atoms with van der Waals surface area (Å²) in [5.41, 5.74) is 2.71. The zero-order valence-corrected chi connectivity index (χ0v) is 15.3. The molecule has 0 radical (unpaired) electrons. The predicted octanol–water partition coefficient (Wildman–Crippen LogP) is 4.78. The number of carbonyl (C=O) groups excluding carboxylic acids is 1. The summed E-state index contributed by atoms with van der Waals surface area (Å²) in [6.07, 6.45) is 0.921. The number of non-ortho nitro benzene ring substituents is 1. The van der Waals surface area contributed by atoms with Crippen LogP contribution in [-0.2, 0) is 6.17 Å². The van der Waals surface area contributed by atoms with E-state index in [-0.39, 0.29) is 16.4 Å². The number of benzene rings is 2. The van der Waals surface area contributed by atoms with Crippen molar-refractivity contribution in [3.8, 4) is 0 Å². The Morgan fingerprint density at radius 1 is 1.08 bits per heavy atom. The molecule has 0 aliphatic heterocycles. The van der Waals surface area contributed by atoms with Gasteiger partial charge in [0.2, 0.25) is 0 Å². The molecule has 1 aromatic heterocycles. The van der Waals surface area contributed by atoms with Gasteiger partial charge in [-0.2, -0.15) is 0 Å². The third-order valence-corrected chi connectivity index (χ3v) is 5.36. The van der Waals surface area contributed by atoms with Crippen molar-refractivity contribution in [2.75, 3.05) is 0 Å². The first kappa shape index (κ1) is 16.4. The van der Waals surface area contributed by atoms with Gasteiger partial charge in [-0.15, -0.1) is 0 Å². The van der Waals surface area contributed by atoms with Crippen LogP contribution in [0.3, 0.4) is 0 Å². The van der Waals surface area contributed by atoms with Crippen molar-refractivity contribution in [1.29, 1.82) is 0 Å². The number of nitrogens with zero attached hydrogens (tertiary/aromatic N) is 2. The summed E-state index contributed by atoms with van der Waals surface area (Å²) in [7, 11) is -1.40. The molecule has 3 rings (SSSR count). The largest absolute Gasteiger partial charge is 0.343 e. The topological polar surface area (TPSA) is 65.1 Å². The lowest BCUT2D eigenvalue weighted by atomic mass is 10.1. The number of hydrogen-bond acceptors (Lipinski definition) is 3. The lowest BCUT2D eigenvalue weighted by Gasteiger charge is -2.18. The maximum Gasteiger partial charge on any atom is 0.270 e. The van der Waals surface area contributed by atoms with Crippen LogP contribution in [0.4, 0.5) is 5.69 Å². The quantitative estimate of drug-likeness (QED) is 0.297. The number of rotatable bonds is 4. The average Bonchev–Trinajstić information content (AvgIpc) is 2.78. The van der Waals surface area contributed by atoms with Crippen LogP contribution in [0, 0.1) is 10.1 Å². The monoisotopic (exact) mass is 340 g/mol. The van der Waals surface area contributed by atoms with Crippen LogP contribution in [0.1, 0.15) is 17.3 Å². The molecule has 5 nitrogen and oxygen atoms in total. The summed E-state index contributed by atoms with van der Waals surface area (Å²) in [5.74, 6) is -0.00609. The maximum absolute atomic E-state index is 11.7. The Morgan fingerprint density at radius 3 is 2.21 bits per heavy atom. The van der Waals surface area contributed by atoms with Crippen LogP contribution < -0.4 is 0 Å². The van der Waals surface area contributed by atoms with E-state index < -0.39 is 8.07 Å². The van der Waals surface area contributed by atoms with Gasteiger partial charge in [0.25, 0.3) is 5.69 Å². The van der Waals surface area contributed by atoms with E-state index in [0.29, 0.717) is 5.56 Å². The lowest BCUT2D eigenvalue weighted by molar-refractivity contribution is -0.384. The van der Waals surface area contributed by atoms with E-state index in [9.17, 15) is 14.9 Å². The van der Waals surface area contributed by atoms with Crippen LogP contribution >= 0.6 is 0 Å². The molecule has 0 N–H and O–H groups in total. The number of aromatic nitrogens is 1. The van der Waals surface area contributed by atoms with Gasteiger partial charge >= 0.3 is 0 Å². The number of ketones is 1. The fourth-order valence-corrected chi connectivity index (χ4v) is 4.36. The van der Waals surface area contributed by atoms with Gasteiger partial charge in [0.1, 0.15) is 0 Å². The van der Waals surface area contributed by atoms with Crippen molar-refractivity contribution >= 4 is 41.4 Å². The number of fused-ring (bicyclic) bond motifs is 3. The van der Waals surface area contributed by atoms with E-state index in [4.69, 9.17) is 0 Å². The fraction of sp³-hybridized carbons (Fsp3) is 0.278. The van der Waals surface area contributed by atoms with Crippen LogP contribution in [-0.4, -0.2) is 23.3 Å². The Balaban J connectivity index is 2.39. The second-order valence-corrected chi connectivity index (χ2v) is 12.8. The van der Waals surface area contributed by atoms with Crippen LogP contribution in [0.25, 0.3) is 21.8 Å². The zero-order valence-electron chi connectivity index (χ0n) is 14.3. The highest BCUT2D eigenvalue weighted by atomic mass is 28.3. The maximum atomic E-state index is 11.7. The molecule has 3 aromatic rings. The van der Waals surface area contributed by atoms with E-state index in [1.54, 1.807) is 12.1 Å².